The van der Waals surface area contributed by atoms with Crippen molar-refractivity contribution in [2.75, 3.05) is 11.9 Å². The van der Waals surface area contributed by atoms with Gasteiger partial charge in [-0.15, -0.1) is 0 Å². The molecule has 0 spiro atoms. The molecule has 0 amide bonds. The molecule has 1 atom stereocenters. The minimum atomic E-state index is 0.246. The highest BCUT2D eigenvalue weighted by Crippen LogP contribution is 2.20. The topological polar surface area (TPSA) is 45.2 Å². The molecule has 2 aromatic rings. The summed E-state index contributed by atoms with van der Waals surface area (Å²) in [5, 5.41) is 13.4. The Balaban J connectivity index is 2.19. The third kappa shape index (κ3) is 2.99. The summed E-state index contributed by atoms with van der Waals surface area (Å²) in [7, 11) is 0. The first-order valence-electron chi connectivity index (χ1n) is 6.44. The van der Waals surface area contributed by atoms with Crippen LogP contribution in [0.15, 0.2) is 30.3 Å². The van der Waals surface area contributed by atoms with Gasteiger partial charge in [-0.2, -0.15) is 0 Å². The van der Waals surface area contributed by atoms with E-state index in [9.17, 15) is 0 Å². The van der Waals surface area contributed by atoms with Crippen molar-refractivity contribution in [1.82, 2.24) is 4.98 Å². The van der Waals surface area contributed by atoms with Crippen molar-refractivity contribution in [1.29, 1.82) is 0 Å². The van der Waals surface area contributed by atoms with E-state index >= 15 is 0 Å². The zero-order valence-electron chi connectivity index (χ0n) is 11.0. The van der Waals surface area contributed by atoms with Crippen molar-refractivity contribution < 1.29 is 5.11 Å². The number of para-hydroxylation sites is 1. The second kappa shape index (κ2) is 5.83. The number of hydrogen-bond acceptors (Lipinski definition) is 3. The van der Waals surface area contributed by atoms with E-state index < -0.39 is 0 Å². The quantitative estimate of drug-likeness (QED) is 0.849. The van der Waals surface area contributed by atoms with Gasteiger partial charge in [0.1, 0.15) is 5.82 Å². The average molecular weight is 244 g/mol. The molecule has 1 heterocycles. The first kappa shape index (κ1) is 12.8. The van der Waals surface area contributed by atoms with Crippen molar-refractivity contribution in [2.45, 2.75) is 32.7 Å². The minimum Gasteiger partial charge on any atom is -0.396 e. The Kier molecular flexibility index (Phi) is 4.15. The van der Waals surface area contributed by atoms with Crippen LogP contribution in [0.3, 0.4) is 0 Å². The van der Waals surface area contributed by atoms with E-state index in [0.717, 1.165) is 29.7 Å². The first-order chi connectivity index (χ1) is 8.70. The number of aliphatic hydroxyl groups excluding tert-OH is 1. The summed E-state index contributed by atoms with van der Waals surface area (Å²) in [4.78, 5) is 4.65. The fourth-order valence-electron chi connectivity index (χ4n) is 2.07. The molecule has 1 unspecified atom stereocenters. The molecule has 0 radical (unpaired) electrons. The molecule has 2 rings (SSSR count). The van der Waals surface area contributed by atoms with Crippen LogP contribution in [0.25, 0.3) is 10.9 Å². The van der Waals surface area contributed by atoms with E-state index in [1.807, 2.05) is 18.2 Å². The monoisotopic (exact) mass is 244 g/mol. The van der Waals surface area contributed by atoms with Crippen LogP contribution in [-0.4, -0.2) is 22.7 Å². The molecular weight excluding hydrogens is 224 g/mol. The van der Waals surface area contributed by atoms with Gasteiger partial charge in [0.2, 0.25) is 0 Å². The lowest BCUT2D eigenvalue weighted by atomic mass is 10.1. The summed E-state index contributed by atoms with van der Waals surface area (Å²) in [5.74, 6) is 0.944. The minimum absolute atomic E-state index is 0.246. The lowest BCUT2D eigenvalue weighted by Gasteiger charge is -2.16. The van der Waals surface area contributed by atoms with Crippen molar-refractivity contribution in [3.63, 3.8) is 0 Å². The molecule has 3 nitrogen and oxygen atoms in total. The summed E-state index contributed by atoms with van der Waals surface area (Å²) in [5.41, 5.74) is 2.17. The average Bonchev–Trinajstić information content (AvgIpc) is 2.37. The van der Waals surface area contributed by atoms with Gasteiger partial charge < -0.3 is 10.4 Å². The number of rotatable bonds is 5. The van der Waals surface area contributed by atoms with Crippen LogP contribution in [0.1, 0.15) is 25.3 Å². The van der Waals surface area contributed by atoms with Gasteiger partial charge in [0.05, 0.1) is 5.52 Å². The molecule has 0 saturated carbocycles. The van der Waals surface area contributed by atoms with Crippen LogP contribution in [0, 0.1) is 6.92 Å². The van der Waals surface area contributed by atoms with E-state index in [1.54, 1.807) is 0 Å². The zero-order chi connectivity index (χ0) is 13.0. The maximum atomic E-state index is 8.83. The maximum Gasteiger partial charge on any atom is 0.129 e. The third-order valence-electron chi connectivity index (χ3n) is 3.09. The molecule has 96 valence electrons. The van der Waals surface area contributed by atoms with Crippen LogP contribution in [0.2, 0.25) is 0 Å². The highest BCUT2D eigenvalue weighted by atomic mass is 16.2. The van der Waals surface area contributed by atoms with Crippen LogP contribution >= 0.6 is 0 Å². The number of pyridine rings is 1. The predicted octanol–water partition coefficient (Wildman–Crippen LogP) is 3.12. The molecule has 0 aliphatic carbocycles. The molecule has 1 aromatic carbocycles. The Hall–Kier alpha value is -1.61. The van der Waals surface area contributed by atoms with Gasteiger partial charge in [-0.3, -0.25) is 0 Å². The molecule has 18 heavy (non-hydrogen) atoms. The number of benzene rings is 1. The summed E-state index contributed by atoms with van der Waals surface area (Å²) in [6, 6.07) is 10.6. The van der Waals surface area contributed by atoms with Gasteiger partial charge in [0, 0.05) is 18.0 Å². The van der Waals surface area contributed by atoms with Crippen molar-refractivity contribution in [3.8, 4) is 0 Å². The number of nitrogens with one attached hydrogen (secondary N) is 1. The molecule has 3 heteroatoms. The van der Waals surface area contributed by atoms with Gasteiger partial charge in [0.15, 0.2) is 0 Å². The van der Waals surface area contributed by atoms with Gasteiger partial charge >= 0.3 is 0 Å². The number of hydrogen-bond donors (Lipinski definition) is 2. The lowest BCUT2D eigenvalue weighted by molar-refractivity contribution is 0.282. The summed E-state index contributed by atoms with van der Waals surface area (Å²) in [6.07, 6.45) is 1.77. The smallest absolute Gasteiger partial charge is 0.129 e. The molecule has 0 aliphatic heterocycles. The molecule has 0 fully saturated rings. The highest BCUT2D eigenvalue weighted by Gasteiger charge is 2.06. The highest BCUT2D eigenvalue weighted by molar-refractivity contribution is 5.81. The van der Waals surface area contributed by atoms with E-state index in [2.05, 4.69) is 36.3 Å². The van der Waals surface area contributed by atoms with Gasteiger partial charge in [-0.25, -0.2) is 4.98 Å². The number of aliphatic hydroxyl groups is 1. The number of anilines is 1. The number of nitrogens with zero attached hydrogens (tertiary/aromatic N) is 1. The second-order valence-corrected chi connectivity index (χ2v) is 4.76. The van der Waals surface area contributed by atoms with E-state index in [1.165, 1.54) is 5.39 Å². The molecule has 0 saturated heterocycles. The largest absolute Gasteiger partial charge is 0.396 e. The Morgan fingerprint density at radius 1 is 1.33 bits per heavy atom. The van der Waals surface area contributed by atoms with Crippen molar-refractivity contribution >= 4 is 16.7 Å². The number of fused-ring (bicyclic) bond motifs is 1. The van der Waals surface area contributed by atoms with Crippen molar-refractivity contribution in [2.24, 2.45) is 0 Å². The lowest BCUT2D eigenvalue weighted by Crippen LogP contribution is -2.17. The standard InChI is InChI=1S/C15H20N2O/c1-11-10-13-7-3-4-8-14(13)17-15(11)16-12(2)6-5-9-18/h3-4,7-8,10,12,18H,5-6,9H2,1-2H3,(H,16,17). The third-order valence-corrected chi connectivity index (χ3v) is 3.09. The first-order valence-corrected chi connectivity index (χ1v) is 6.44. The number of aromatic nitrogens is 1. The van der Waals surface area contributed by atoms with E-state index in [0.29, 0.717) is 6.04 Å². The van der Waals surface area contributed by atoms with Gasteiger partial charge in [-0.05, 0) is 44.4 Å². The van der Waals surface area contributed by atoms with Crippen LogP contribution in [-0.2, 0) is 0 Å². The molecule has 1 aromatic heterocycles. The fraction of sp³-hybridized carbons (Fsp3) is 0.400. The van der Waals surface area contributed by atoms with Gasteiger partial charge in [0.25, 0.3) is 0 Å². The van der Waals surface area contributed by atoms with Gasteiger partial charge in [-0.1, -0.05) is 18.2 Å². The summed E-state index contributed by atoms with van der Waals surface area (Å²) in [6.45, 7) is 4.43. The van der Waals surface area contributed by atoms with E-state index in [4.69, 9.17) is 5.11 Å². The molecular formula is C15H20N2O. The Bertz CT molecular complexity index is 525. The molecule has 0 aliphatic rings. The van der Waals surface area contributed by atoms with Crippen LogP contribution < -0.4 is 5.32 Å². The summed E-state index contributed by atoms with van der Waals surface area (Å²) < 4.78 is 0. The number of aryl methyl sites for hydroxylation is 1. The molecule has 0 bridgehead atoms. The SMILES string of the molecule is Cc1cc2ccccc2nc1NC(C)CCCO. The Morgan fingerprint density at radius 2 is 2.11 bits per heavy atom. The summed E-state index contributed by atoms with van der Waals surface area (Å²) >= 11 is 0. The van der Waals surface area contributed by atoms with Crippen molar-refractivity contribution in [3.05, 3.63) is 35.9 Å². The second-order valence-electron chi connectivity index (χ2n) is 4.76. The normalized spacial score (nSPS) is 12.6. The van der Waals surface area contributed by atoms with Crippen LogP contribution in [0.5, 0.6) is 0 Å². The predicted molar refractivity (Wildman–Crippen MR) is 75.9 cm³/mol. The van der Waals surface area contributed by atoms with E-state index in [-0.39, 0.29) is 6.61 Å². The maximum absolute atomic E-state index is 8.83. The zero-order valence-corrected chi connectivity index (χ0v) is 11.0. The molecule has 2 N–H and O–H groups in total. The Morgan fingerprint density at radius 3 is 2.89 bits per heavy atom. The Labute approximate surface area is 108 Å². The fourth-order valence-corrected chi connectivity index (χ4v) is 2.07. The van der Waals surface area contributed by atoms with Crippen LogP contribution in [0.4, 0.5) is 5.82 Å².